The van der Waals surface area contributed by atoms with Crippen LogP contribution in [0.5, 0.6) is 5.75 Å². The summed E-state index contributed by atoms with van der Waals surface area (Å²) >= 11 is 6.85. The Morgan fingerprint density at radius 2 is 1.17 bits per heavy atom. The molecule has 0 saturated carbocycles. The van der Waals surface area contributed by atoms with Gasteiger partial charge in [0.1, 0.15) is 29.7 Å². The first-order valence-corrected chi connectivity index (χ1v) is 18.3. The Kier molecular flexibility index (Phi) is 13.3. The van der Waals surface area contributed by atoms with Crippen molar-refractivity contribution >= 4 is 11.6 Å². The van der Waals surface area contributed by atoms with Gasteiger partial charge in [-0.15, -0.1) is 0 Å². The number of halogens is 1. The molecule has 278 valence electrons. The van der Waals surface area contributed by atoms with Crippen LogP contribution in [0.15, 0.2) is 133 Å². The van der Waals surface area contributed by atoms with Gasteiger partial charge in [0.15, 0.2) is 0 Å². The highest BCUT2D eigenvalue weighted by atomic mass is 35.5. The zero-order valence-corrected chi connectivity index (χ0v) is 30.9. The SMILES string of the molecule is CCOc1ccc(Cc2cc([C@]3(OC)OC(CO)(CO)[C@@H](OCc4ccccc4)C(OCc4ccccc4)[C@H]3OCc3ccccc3)ccc2Cl)cc1. The van der Waals surface area contributed by atoms with Gasteiger partial charge in [0.05, 0.1) is 39.6 Å². The molecular formula is C44H47ClO8. The van der Waals surface area contributed by atoms with Crippen LogP contribution < -0.4 is 4.74 Å². The van der Waals surface area contributed by atoms with E-state index in [9.17, 15) is 10.2 Å². The molecule has 2 N–H and O–H groups in total. The van der Waals surface area contributed by atoms with Gasteiger partial charge in [-0.05, 0) is 65.4 Å². The summed E-state index contributed by atoms with van der Waals surface area (Å²) in [5, 5.41) is 22.9. The van der Waals surface area contributed by atoms with E-state index >= 15 is 0 Å². The normalized spacial score (nSPS) is 21.0. The van der Waals surface area contributed by atoms with Gasteiger partial charge in [-0.1, -0.05) is 121 Å². The Morgan fingerprint density at radius 3 is 1.68 bits per heavy atom. The van der Waals surface area contributed by atoms with Crippen molar-refractivity contribution in [3.63, 3.8) is 0 Å². The van der Waals surface area contributed by atoms with Crippen molar-refractivity contribution in [1.29, 1.82) is 0 Å². The van der Waals surface area contributed by atoms with Crippen molar-refractivity contribution in [2.24, 2.45) is 0 Å². The summed E-state index contributed by atoms with van der Waals surface area (Å²) in [4.78, 5) is 0. The smallest absolute Gasteiger partial charge is 0.225 e. The van der Waals surface area contributed by atoms with Crippen LogP contribution in [-0.2, 0) is 55.7 Å². The van der Waals surface area contributed by atoms with Crippen LogP contribution in [0.4, 0.5) is 0 Å². The molecule has 8 nitrogen and oxygen atoms in total. The molecule has 4 atom stereocenters. The maximum Gasteiger partial charge on any atom is 0.225 e. The molecule has 1 unspecified atom stereocenters. The molecule has 9 heteroatoms. The van der Waals surface area contributed by atoms with Gasteiger partial charge < -0.3 is 38.6 Å². The van der Waals surface area contributed by atoms with Crippen LogP contribution in [0.2, 0.25) is 5.02 Å². The molecule has 1 fully saturated rings. The quantitative estimate of drug-likeness (QED) is 0.101. The van der Waals surface area contributed by atoms with E-state index in [0.717, 1.165) is 33.6 Å². The predicted octanol–water partition coefficient (Wildman–Crippen LogP) is 7.64. The highest BCUT2D eigenvalue weighted by molar-refractivity contribution is 6.31. The summed E-state index contributed by atoms with van der Waals surface area (Å²) in [6, 6.07) is 42.7. The molecule has 0 radical (unpaired) electrons. The Bertz CT molecular complexity index is 1840. The molecular weight excluding hydrogens is 692 g/mol. The number of rotatable bonds is 17. The first-order chi connectivity index (χ1) is 25.9. The molecule has 6 rings (SSSR count). The van der Waals surface area contributed by atoms with E-state index in [4.69, 9.17) is 40.0 Å². The highest BCUT2D eigenvalue weighted by Gasteiger charge is 2.64. The molecule has 5 aromatic carbocycles. The minimum absolute atomic E-state index is 0.167. The molecule has 1 aliphatic heterocycles. The van der Waals surface area contributed by atoms with Crippen molar-refractivity contribution in [2.45, 2.75) is 62.9 Å². The average molecular weight is 739 g/mol. The predicted molar refractivity (Wildman–Crippen MR) is 204 cm³/mol. The summed E-state index contributed by atoms with van der Waals surface area (Å²) in [6.45, 7) is 1.88. The lowest BCUT2D eigenvalue weighted by Crippen LogP contribution is -2.72. The third-order valence-corrected chi connectivity index (χ3v) is 9.96. The molecule has 0 bridgehead atoms. The lowest BCUT2D eigenvalue weighted by atomic mass is 9.80. The fourth-order valence-corrected chi connectivity index (χ4v) is 7.00. The van der Waals surface area contributed by atoms with Crippen LogP contribution >= 0.6 is 11.6 Å². The van der Waals surface area contributed by atoms with Crippen LogP contribution in [0, 0.1) is 0 Å². The standard InChI is InChI=1S/C44H47ClO8/c1-3-49-38-22-19-32(20-23-38)25-36-26-37(21-24-39(36)45)44(48-2)42(52-29-35-17-11-6-12-18-35)40(50-27-33-13-7-4-8-14-33)41(43(30-46,31-47)53-44)51-28-34-15-9-5-10-16-34/h4-24,26,40-42,46-47H,3,25,27-31H2,1-2H3/t40?,41-,42+,44-/m0/s1. The molecule has 53 heavy (non-hydrogen) atoms. The van der Waals surface area contributed by atoms with Crippen LogP contribution in [0.1, 0.15) is 40.3 Å². The summed E-state index contributed by atoms with van der Waals surface area (Å²) in [5.74, 6) is -0.912. The first kappa shape index (κ1) is 38.6. The van der Waals surface area contributed by atoms with Crippen LogP contribution in [0.3, 0.4) is 0 Å². The monoisotopic (exact) mass is 738 g/mol. The van der Waals surface area contributed by atoms with E-state index in [2.05, 4.69) is 0 Å². The Balaban J connectivity index is 1.46. The average Bonchev–Trinajstić information content (AvgIpc) is 3.21. The van der Waals surface area contributed by atoms with Crippen molar-refractivity contribution in [3.8, 4) is 5.75 Å². The summed E-state index contributed by atoms with van der Waals surface area (Å²) in [7, 11) is 1.53. The lowest BCUT2D eigenvalue weighted by molar-refractivity contribution is -0.417. The van der Waals surface area contributed by atoms with E-state index in [0.29, 0.717) is 23.6 Å². The molecule has 0 aliphatic carbocycles. The Hall–Kier alpha value is -4.09. The van der Waals surface area contributed by atoms with Gasteiger partial charge >= 0.3 is 0 Å². The number of aliphatic hydroxyl groups excluding tert-OH is 2. The van der Waals surface area contributed by atoms with E-state index in [1.54, 1.807) is 6.07 Å². The molecule has 1 aliphatic rings. The summed E-state index contributed by atoms with van der Waals surface area (Å²) < 4.78 is 39.3. The molecule has 0 aromatic heterocycles. The van der Waals surface area contributed by atoms with Crippen LogP contribution in [-0.4, -0.2) is 61.1 Å². The van der Waals surface area contributed by atoms with E-state index in [1.807, 2.05) is 134 Å². The zero-order valence-electron chi connectivity index (χ0n) is 30.1. The topological polar surface area (TPSA) is 95.8 Å². The minimum atomic E-state index is -1.70. The number of aliphatic hydroxyl groups is 2. The Morgan fingerprint density at radius 1 is 0.642 bits per heavy atom. The maximum atomic E-state index is 11.2. The zero-order chi connectivity index (χ0) is 37.1. The highest BCUT2D eigenvalue weighted by Crippen LogP contribution is 2.48. The maximum absolute atomic E-state index is 11.2. The molecule has 5 aromatic rings. The molecule has 1 saturated heterocycles. The second kappa shape index (κ2) is 18.3. The largest absolute Gasteiger partial charge is 0.494 e. The lowest BCUT2D eigenvalue weighted by Gasteiger charge is -2.56. The fourth-order valence-electron chi connectivity index (χ4n) is 6.82. The van der Waals surface area contributed by atoms with Gasteiger partial charge in [0.2, 0.25) is 5.79 Å². The number of ether oxygens (including phenoxy) is 6. The van der Waals surface area contributed by atoms with E-state index in [-0.39, 0.29) is 19.8 Å². The number of hydrogen-bond donors (Lipinski definition) is 2. The second-order valence-electron chi connectivity index (χ2n) is 13.1. The van der Waals surface area contributed by atoms with Crippen molar-refractivity contribution < 1.29 is 38.6 Å². The third-order valence-electron chi connectivity index (χ3n) is 9.59. The second-order valence-corrected chi connectivity index (χ2v) is 13.5. The van der Waals surface area contributed by atoms with Crippen molar-refractivity contribution in [2.75, 3.05) is 26.9 Å². The Labute approximate surface area is 316 Å². The molecule has 1 heterocycles. The van der Waals surface area contributed by atoms with Gasteiger partial charge in [0, 0.05) is 17.7 Å². The van der Waals surface area contributed by atoms with Gasteiger partial charge in [-0.3, -0.25) is 0 Å². The van der Waals surface area contributed by atoms with E-state index < -0.39 is 42.9 Å². The molecule has 0 spiro atoms. The third kappa shape index (κ3) is 9.00. The number of hydrogen-bond acceptors (Lipinski definition) is 8. The number of benzene rings is 5. The fraction of sp³-hybridized carbons (Fsp3) is 0.318. The first-order valence-electron chi connectivity index (χ1n) is 17.9. The minimum Gasteiger partial charge on any atom is -0.494 e. The van der Waals surface area contributed by atoms with Gasteiger partial charge in [0.25, 0.3) is 0 Å². The van der Waals surface area contributed by atoms with Crippen molar-refractivity contribution in [3.05, 3.63) is 172 Å². The summed E-state index contributed by atoms with van der Waals surface area (Å²) in [5.41, 5.74) is 3.48. The van der Waals surface area contributed by atoms with Crippen LogP contribution in [0.25, 0.3) is 0 Å². The molecule has 0 amide bonds. The number of methoxy groups -OCH3 is 1. The van der Waals surface area contributed by atoms with E-state index in [1.165, 1.54) is 7.11 Å². The summed E-state index contributed by atoms with van der Waals surface area (Å²) in [6.07, 6.45) is -2.37. The van der Waals surface area contributed by atoms with Crippen molar-refractivity contribution in [1.82, 2.24) is 0 Å². The van der Waals surface area contributed by atoms with Gasteiger partial charge in [-0.25, -0.2) is 0 Å². The van der Waals surface area contributed by atoms with Gasteiger partial charge in [-0.2, -0.15) is 0 Å².